The van der Waals surface area contributed by atoms with Gasteiger partial charge in [0.05, 0.1) is 9.26 Å². The van der Waals surface area contributed by atoms with Gasteiger partial charge in [-0.1, -0.05) is 0 Å². The summed E-state index contributed by atoms with van der Waals surface area (Å²) in [6.45, 7) is 1.95. The number of hydrogen-bond acceptors (Lipinski definition) is 3. The summed E-state index contributed by atoms with van der Waals surface area (Å²) in [5.41, 5.74) is 1.23. The third-order valence-corrected chi connectivity index (χ3v) is 3.25. The summed E-state index contributed by atoms with van der Waals surface area (Å²) in [6, 6.07) is 0. The molecule has 1 N–H and O–H groups in total. The molecule has 2 rings (SSSR count). The zero-order chi connectivity index (χ0) is 9.42. The highest BCUT2D eigenvalue weighted by Crippen LogP contribution is 2.42. The second-order valence-electron chi connectivity index (χ2n) is 3.34. The summed E-state index contributed by atoms with van der Waals surface area (Å²) in [7, 11) is 1.90. The highest BCUT2D eigenvalue weighted by Gasteiger charge is 2.28. The van der Waals surface area contributed by atoms with Crippen molar-refractivity contribution in [2.45, 2.75) is 25.7 Å². The molecular formula is C9H12IN3. The SMILES string of the molecule is CNc1nc(C)nc(C2CC2)c1I. The van der Waals surface area contributed by atoms with Crippen molar-refractivity contribution < 1.29 is 0 Å². The summed E-state index contributed by atoms with van der Waals surface area (Å²) in [6.07, 6.45) is 2.57. The molecule has 0 saturated heterocycles. The lowest BCUT2D eigenvalue weighted by atomic mass is 10.2. The van der Waals surface area contributed by atoms with E-state index >= 15 is 0 Å². The van der Waals surface area contributed by atoms with Gasteiger partial charge in [0.2, 0.25) is 0 Å². The molecule has 0 amide bonds. The van der Waals surface area contributed by atoms with Gasteiger partial charge in [0.25, 0.3) is 0 Å². The Morgan fingerprint density at radius 3 is 2.62 bits per heavy atom. The van der Waals surface area contributed by atoms with Crippen LogP contribution in [-0.4, -0.2) is 17.0 Å². The first-order valence-electron chi connectivity index (χ1n) is 4.44. The molecule has 0 spiro atoms. The van der Waals surface area contributed by atoms with Crippen molar-refractivity contribution in [3.8, 4) is 0 Å². The van der Waals surface area contributed by atoms with E-state index in [4.69, 9.17) is 0 Å². The molecule has 1 aromatic rings. The highest BCUT2D eigenvalue weighted by atomic mass is 127. The number of aryl methyl sites for hydroxylation is 1. The maximum Gasteiger partial charge on any atom is 0.143 e. The highest BCUT2D eigenvalue weighted by molar-refractivity contribution is 14.1. The van der Waals surface area contributed by atoms with Gasteiger partial charge < -0.3 is 5.32 Å². The van der Waals surface area contributed by atoms with Crippen LogP contribution in [0.1, 0.15) is 30.3 Å². The summed E-state index contributed by atoms with van der Waals surface area (Å²) in [5.74, 6) is 2.53. The zero-order valence-corrected chi connectivity index (χ0v) is 9.92. The second-order valence-corrected chi connectivity index (χ2v) is 4.42. The van der Waals surface area contributed by atoms with Gasteiger partial charge in [0.1, 0.15) is 11.6 Å². The monoisotopic (exact) mass is 289 g/mol. The van der Waals surface area contributed by atoms with Crippen LogP contribution in [0, 0.1) is 10.5 Å². The van der Waals surface area contributed by atoms with Gasteiger partial charge in [0, 0.05) is 13.0 Å². The van der Waals surface area contributed by atoms with E-state index in [1.165, 1.54) is 22.1 Å². The molecule has 1 aliphatic rings. The summed E-state index contributed by atoms with van der Waals surface area (Å²) in [5, 5.41) is 3.10. The van der Waals surface area contributed by atoms with Gasteiger partial charge in [-0.3, -0.25) is 0 Å². The number of nitrogens with zero attached hydrogens (tertiary/aromatic N) is 2. The summed E-state index contributed by atoms with van der Waals surface area (Å²) >= 11 is 2.33. The Morgan fingerprint density at radius 2 is 2.08 bits per heavy atom. The lowest BCUT2D eigenvalue weighted by molar-refractivity contribution is 0.929. The van der Waals surface area contributed by atoms with Crippen molar-refractivity contribution in [2.75, 3.05) is 12.4 Å². The summed E-state index contributed by atoms with van der Waals surface area (Å²) < 4.78 is 1.19. The number of hydrogen-bond donors (Lipinski definition) is 1. The average molecular weight is 289 g/mol. The normalized spacial score (nSPS) is 15.9. The van der Waals surface area contributed by atoms with Crippen LogP contribution in [0.15, 0.2) is 0 Å². The minimum atomic E-state index is 0.695. The first-order valence-corrected chi connectivity index (χ1v) is 5.52. The molecule has 0 radical (unpaired) electrons. The molecule has 1 aromatic heterocycles. The molecule has 4 heteroatoms. The first kappa shape index (κ1) is 9.18. The van der Waals surface area contributed by atoms with Crippen LogP contribution in [0.5, 0.6) is 0 Å². The first-order chi connectivity index (χ1) is 6.22. The van der Waals surface area contributed by atoms with E-state index in [-0.39, 0.29) is 0 Å². The Morgan fingerprint density at radius 1 is 1.38 bits per heavy atom. The van der Waals surface area contributed by atoms with Gasteiger partial charge in [-0.2, -0.15) is 0 Å². The molecule has 0 unspecified atom stereocenters. The number of anilines is 1. The minimum absolute atomic E-state index is 0.695. The molecule has 0 aliphatic heterocycles. The topological polar surface area (TPSA) is 37.8 Å². The largest absolute Gasteiger partial charge is 0.372 e. The molecule has 0 atom stereocenters. The van der Waals surface area contributed by atoms with E-state index in [9.17, 15) is 0 Å². The zero-order valence-electron chi connectivity index (χ0n) is 7.76. The van der Waals surface area contributed by atoms with Crippen LogP contribution < -0.4 is 5.32 Å². The van der Waals surface area contributed by atoms with Crippen LogP contribution in [0.25, 0.3) is 0 Å². The fraction of sp³-hybridized carbons (Fsp3) is 0.556. The lowest BCUT2D eigenvalue weighted by Crippen LogP contribution is -2.04. The van der Waals surface area contributed by atoms with Gasteiger partial charge in [-0.25, -0.2) is 9.97 Å². The van der Waals surface area contributed by atoms with Crippen molar-refractivity contribution in [2.24, 2.45) is 0 Å². The quantitative estimate of drug-likeness (QED) is 0.849. The van der Waals surface area contributed by atoms with E-state index < -0.39 is 0 Å². The number of rotatable bonds is 2. The van der Waals surface area contributed by atoms with Crippen LogP contribution in [0.3, 0.4) is 0 Å². The Bertz CT molecular complexity index is 334. The van der Waals surface area contributed by atoms with E-state index in [0.717, 1.165) is 11.6 Å². The molecule has 0 bridgehead atoms. The third-order valence-electron chi connectivity index (χ3n) is 2.19. The molecule has 3 nitrogen and oxygen atoms in total. The number of halogens is 1. The molecule has 1 aliphatic carbocycles. The third kappa shape index (κ3) is 1.77. The Hall–Kier alpha value is -0.390. The van der Waals surface area contributed by atoms with E-state index in [1.54, 1.807) is 0 Å². The molecule has 1 saturated carbocycles. The van der Waals surface area contributed by atoms with Crippen molar-refractivity contribution in [3.63, 3.8) is 0 Å². The minimum Gasteiger partial charge on any atom is -0.372 e. The molecule has 1 heterocycles. The van der Waals surface area contributed by atoms with Crippen LogP contribution >= 0.6 is 22.6 Å². The predicted octanol–water partition coefficient (Wildman–Crippen LogP) is 2.31. The van der Waals surface area contributed by atoms with Crippen LogP contribution in [-0.2, 0) is 0 Å². The summed E-state index contributed by atoms with van der Waals surface area (Å²) in [4.78, 5) is 8.82. The van der Waals surface area contributed by atoms with E-state index in [1.807, 2.05) is 14.0 Å². The average Bonchev–Trinajstić information content (AvgIpc) is 2.91. The molecule has 1 fully saturated rings. The van der Waals surface area contributed by atoms with Crippen molar-refractivity contribution >= 4 is 28.4 Å². The Kier molecular flexibility index (Phi) is 2.40. The Balaban J connectivity index is 2.47. The van der Waals surface area contributed by atoms with Gasteiger partial charge in [-0.15, -0.1) is 0 Å². The van der Waals surface area contributed by atoms with Gasteiger partial charge in [0.15, 0.2) is 0 Å². The van der Waals surface area contributed by atoms with Gasteiger partial charge in [-0.05, 0) is 42.4 Å². The molecule has 13 heavy (non-hydrogen) atoms. The number of nitrogens with one attached hydrogen (secondary N) is 1. The fourth-order valence-electron chi connectivity index (χ4n) is 1.37. The van der Waals surface area contributed by atoms with Crippen molar-refractivity contribution in [1.29, 1.82) is 0 Å². The molecule has 70 valence electrons. The van der Waals surface area contributed by atoms with Crippen molar-refractivity contribution in [3.05, 3.63) is 15.1 Å². The maximum absolute atomic E-state index is 4.48. The van der Waals surface area contributed by atoms with E-state index in [0.29, 0.717) is 5.92 Å². The standard InChI is InChI=1S/C9H12IN3/c1-5-12-8(6-3-4-6)7(10)9(11-2)13-5/h6H,3-4H2,1-2H3,(H,11,12,13). The van der Waals surface area contributed by atoms with Crippen molar-refractivity contribution in [1.82, 2.24) is 9.97 Å². The molecular weight excluding hydrogens is 277 g/mol. The smallest absolute Gasteiger partial charge is 0.143 e. The number of aromatic nitrogens is 2. The van der Waals surface area contributed by atoms with Crippen LogP contribution in [0.4, 0.5) is 5.82 Å². The van der Waals surface area contributed by atoms with Gasteiger partial charge >= 0.3 is 0 Å². The van der Waals surface area contributed by atoms with Crippen LogP contribution in [0.2, 0.25) is 0 Å². The predicted molar refractivity (Wildman–Crippen MR) is 61.0 cm³/mol. The maximum atomic E-state index is 4.48. The fourth-order valence-corrected chi connectivity index (χ4v) is 2.32. The Labute approximate surface area is 91.5 Å². The lowest BCUT2D eigenvalue weighted by Gasteiger charge is -2.08. The van der Waals surface area contributed by atoms with E-state index in [2.05, 4.69) is 37.9 Å². The second kappa shape index (κ2) is 3.40. The molecule has 0 aromatic carbocycles.